The van der Waals surface area contributed by atoms with Gasteiger partial charge in [0.15, 0.2) is 0 Å². The average molecular weight is 726 g/mol. The van der Waals surface area contributed by atoms with Crippen LogP contribution in [0.5, 0.6) is 5.75 Å². The molecule has 2 bridgehead atoms. The lowest BCUT2D eigenvalue weighted by molar-refractivity contribution is -0.148. The smallest absolute Gasteiger partial charge is 0.251 e. The minimum absolute atomic E-state index is 0.0274. The quantitative estimate of drug-likeness (QED) is 0.132. The molecule has 0 spiro atoms. The largest absolute Gasteiger partial charge is 0.489 e. The zero-order valence-corrected chi connectivity index (χ0v) is 31.2. The summed E-state index contributed by atoms with van der Waals surface area (Å²) in [7, 11) is -5.54. The standard InChI is InChI=1S/C37H48ClN3O6SSi/c1-49(2,3)22-21-48(44,45)41-34(15-10-20-39-36(42)30-13-8-5-9-14-30)37(43)40-24-35(41)33(38)27-46-26-31(40)23-28-16-18-32(19-17-28)47-25-29-11-6-4-7-12-29/h4-9,11-14,16-19,31,33-35H,10,15,20-27H2,1-3H3,(H,39,42)/t31-,33-,34+,35-/m0/s1. The first-order chi connectivity index (χ1) is 23.4. The Morgan fingerprint density at radius 1 is 0.959 bits per heavy atom. The molecule has 4 atom stereocenters. The van der Waals surface area contributed by atoms with Gasteiger partial charge in [-0.2, -0.15) is 4.31 Å². The molecule has 3 aromatic rings. The van der Waals surface area contributed by atoms with Gasteiger partial charge in [-0.05, 0) is 60.7 Å². The van der Waals surface area contributed by atoms with Crippen molar-refractivity contribution in [3.63, 3.8) is 0 Å². The number of hydrogen-bond acceptors (Lipinski definition) is 6. The van der Waals surface area contributed by atoms with Crippen molar-refractivity contribution in [3.8, 4) is 5.75 Å². The maximum Gasteiger partial charge on any atom is 0.251 e. The lowest BCUT2D eigenvalue weighted by atomic mass is 9.96. The van der Waals surface area contributed by atoms with Gasteiger partial charge in [-0.1, -0.05) is 80.3 Å². The number of fused-ring (bicyclic) bond motifs is 2. The van der Waals surface area contributed by atoms with Gasteiger partial charge in [0.25, 0.3) is 5.91 Å². The second-order valence-electron chi connectivity index (χ2n) is 14.1. The van der Waals surface area contributed by atoms with Crippen molar-refractivity contribution in [2.45, 2.75) is 75.1 Å². The number of amides is 2. The van der Waals surface area contributed by atoms with Gasteiger partial charge in [0.1, 0.15) is 18.4 Å². The Kier molecular flexibility index (Phi) is 12.6. The minimum Gasteiger partial charge on any atom is -0.489 e. The number of alkyl halides is 1. The van der Waals surface area contributed by atoms with Crippen LogP contribution in [0.4, 0.5) is 0 Å². The van der Waals surface area contributed by atoms with Crippen molar-refractivity contribution in [1.82, 2.24) is 14.5 Å². The number of carbonyl (C=O) groups is 2. The Morgan fingerprint density at radius 2 is 1.63 bits per heavy atom. The fraction of sp³-hybridized carbons (Fsp3) is 0.459. The van der Waals surface area contributed by atoms with Crippen LogP contribution in [0.1, 0.15) is 34.3 Å². The Bertz CT molecular complexity index is 1640. The van der Waals surface area contributed by atoms with E-state index in [1.807, 2.05) is 60.7 Å². The molecule has 2 amide bonds. The van der Waals surface area contributed by atoms with Crippen LogP contribution < -0.4 is 10.1 Å². The number of rotatable bonds is 14. The monoisotopic (exact) mass is 725 g/mol. The summed E-state index contributed by atoms with van der Waals surface area (Å²) in [6.45, 7) is 7.85. The third-order valence-corrected chi connectivity index (χ3v) is 13.5. The topological polar surface area (TPSA) is 105 Å². The van der Waals surface area contributed by atoms with Gasteiger partial charge in [-0.3, -0.25) is 9.59 Å². The Balaban J connectivity index is 1.33. The molecule has 2 aliphatic heterocycles. The molecular weight excluding hydrogens is 678 g/mol. The fourth-order valence-corrected chi connectivity index (χ4v) is 11.6. The number of ether oxygens (including phenoxy) is 2. The van der Waals surface area contributed by atoms with E-state index in [1.54, 1.807) is 29.2 Å². The molecule has 0 aliphatic carbocycles. The number of hydrogen-bond donors (Lipinski definition) is 1. The summed E-state index contributed by atoms with van der Waals surface area (Å²) in [5, 5.41) is 2.29. The third-order valence-electron chi connectivity index (χ3n) is 9.08. The summed E-state index contributed by atoms with van der Waals surface area (Å²) in [6.07, 6.45) is 1.22. The lowest BCUT2D eigenvalue weighted by Gasteiger charge is -2.50. The van der Waals surface area contributed by atoms with Gasteiger partial charge < -0.3 is 19.7 Å². The molecular formula is C37H48ClN3O6SSi. The second-order valence-corrected chi connectivity index (χ2v) is 22.3. The Labute approximate surface area is 297 Å². The van der Waals surface area contributed by atoms with E-state index in [4.69, 9.17) is 21.1 Å². The Morgan fingerprint density at radius 3 is 2.31 bits per heavy atom. The van der Waals surface area contributed by atoms with Gasteiger partial charge >= 0.3 is 0 Å². The summed E-state index contributed by atoms with van der Waals surface area (Å²) < 4.78 is 41.6. The van der Waals surface area contributed by atoms with Crippen LogP contribution >= 0.6 is 11.6 Å². The van der Waals surface area contributed by atoms with Gasteiger partial charge in [0.05, 0.1) is 36.4 Å². The first-order valence-corrected chi connectivity index (χ1v) is 22.8. The molecule has 1 N–H and O–H groups in total. The van der Waals surface area contributed by atoms with E-state index < -0.39 is 35.6 Å². The van der Waals surface area contributed by atoms with Crippen LogP contribution in [0, 0.1) is 0 Å². The van der Waals surface area contributed by atoms with Crippen molar-refractivity contribution < 1.29 is 27.5 Å². The number of piperazine rings is 1. The number of halogens is 1. The first kappa shape index (κ1) is 37.0. The zero-order valence-electron chi connectivity index (χ0n) is 28.6. The molecule has 0 aromatic heterocycles. The van der Waals surface area contributed by atoms with Crippen LogP contribution in [0.3, 0.4) is 0 Å². The SMILES string of the molecule is C[Si](C)(C)CCS(=O)(=O)N1[C@H](CCCNC(=O)c2ccccc2)C(=O)N2C[C@H]1[C@@H](Cl)COC[C@@H]2Cc1ccc(OCc2ccccc2)cc1. The number of carbonyl (C=O) groups excluding carboxylic acids is 2. The van der Waals surface area contributed by atoms with Gasteiger partial charge in [0.2, 0.25) is 15.9 Å². The Hall–Kier alpha value is -3.22. The molecule has 0 saturated carbocycles. The molecule has 49 heavy (non-hydrogen) atoms. The number of nitrogens with zero attached hydrogens (tertiary/aromatic N) is 2. The predicted octanol–water partition coefficient (Wildman–Crippen LogP) is 5.57. The van der Waals surface area contributed by atoms with Gasteiger partial charge in [0, 0.05) is 26.7 Å². The van der Waals surface area contributed by atoms with E-state index in [-0.39, 0.29) is 49.8 Å². The van der Waals surface area contributed by atoms with Crippen LogP contribution in [-0.2, 0) is 32.6 Å². The fourth-order valence-electron chi connectivity index (χ4n) is 6.31. The summed E-state index contributed by atoms with van der Waals surface area (Å²) >= 11 is 6.90. The summed E-state index contributed by atoms with van der Waals surface area (Å²) in [5.74, 6) is 0.266. The summed E-state index contributed by atoms with van der Waals surface area (Å²) in [4.78, 5) is 28.9. The number of nitrogens with one attached hydrogen (secondary N) is 1. The molecule has 0 unspecified atom stereocenters. The van der Waals surface area contributed by atoms with E-state index in [0.717, 1.165) is 16.9 Å². The van der Waals surface area contributed by atoms with Crippen LogP contribution in [0.25, 0.3) is 0 Å². The summed E-state index contributed by atoms with van der Waals surface area (Å²) in [5.41, 5.74) is 2.64. The zero-order chi connectivity index (χ0) is 35.0. The van der Waals surface area contributed by atoms with Crippen LogP contribution in [0.15, 0.2) is 84.9 Å². The van der Waals surface area contributed by atoms with Crippen molar-refractivity contribution in [2.75, 3.05) is 32.1 Å². The van der Waals surface area contributed by atoms with Gasteiger partial charge in [-0.25, -0.2) is 8.42 Å². The molecule has 12 heteroatoms. The number of benzene rings is 3. The van der Waals surface area contributed by atoms with Crippen molar-refractivity contribution in [2.24, 2.45) is 0 Å². The molecule has 2 saturated heterocycles. The summed E-state index contributed by atoms with van der Waals surface area (Å²) in [6, 6.07) is 25.5. The average Bonchev–Trinajstić information content (AvgIpc) is 3.08. The minimum atomic E-state index is -3.83. The molecule has 0 radical (unpaired) electrons. The van der Waals surface area contributed by atoms with Crippen LogP contribution in [-0.4, -0.2) is 93.1 Å². The normalized spacial score (nSPS) is 21.9. The third kappa shape index (κ3) is 10.2. The maximum absolute atomic E-state index is 14.4. The second kappa shape index (κ2) is 16.7. The van der Waals surface area contributed by atoms with Crippen molar-refractivity contribution >= 4 is 41.5 Å². The molecule has 2 fully saturated rings. The maximum atomic E-state index is 14.4. The van der Waals surface area contributed by atoms with E-state index >= 15 is 0 Å². The highest BCUT2D eigenvalue weighted by Gasteiger charge is 2.50. The number of sulfonamides is 1. The lowest BCUT2D eigenvalue weighted by Crippen LogP contribution is -2.69. The molecule has 9 nitrogen and oxygen atoms in total. The van der Waals surface area contributed by atoms with E-state index in [0.29, 0.717) is 37.6 Å². The molecule has 3 aromatic carbocycles. The molecule has 264 valence electrons. The highest BCUT2D eigenvalue weighted by atomic mass is 35.5. The molecule has 5 rings (SSSR count). The van der Waals surface area contributed by atoms with Crippen molar-refractivity contribution in [1.29, 1.82) is 0 Å². The van der Waals surface area contributed by atoms with Crippen LogP contribution in [0.2, 0.25) is 25.7 Å². The van der Waals surface area contributed by atoms with E-state index in [9.17, 15) is 18.0 Å². The highest BCUT2D eigenvalue weighted by molar-refractivity contribution is 7.89. The van der Waals surface area contributed by atoms with Gasteiger partial charge in [-0.15, -0.1) is 11.6 Å². The first-order valence-electron chi connectivity index (χ1n) is 17.0. The predicted molar refractivity (Wildman–Crippen MR) is 196 cm³/mol. The van der Waals surface area contributed by atoms with E-state index in [1.165, 1.54) is 4.31 Å². The van der Waals surface area contributed by atoms with E-state index in [2.05, 4.69) is 25.0 Å². The van der Waals surface area contributed by atoms with Crippen molar-refractivity contribution in [3.05, 3.63) is 102 Å². The molecule has 2 heterocycles. The molecule has 2 aliphatic rings. The highest BCUT2D eigenvalue weighted by Crippen LogP contribution is 2.33.